The summed E-state index contributed by atoms with van der Waals surface area (Å²) in [5.41, 5.74) is 4.03. The molecule has 3 rings (SSSR count). The number of fused-ring (bicyclic) bond motifs is 1. The van der Waals surface area contributed by atoms with Gasteiger partial charge >= 0.3 is 0 Å². The van der Waals surface area contributed by atoms with Crippen molar-refractivity contribution in [2.75, 3.05) is 0 Å². The number of aliphatic imine (C=N–C) groups is 1. The van der Waals surface area contributed by atoms with Crippen LogP contribution < -0.4 is 4.43 Å². The second-order valence-electron chi connectivity index (χ2n) is 6.91. The fourth-order valence-corrected chi connectivity index (χ4v) is 3.46. The molecule has 124 valence electrons. The average Bonchev–Trinajstić information content (AvgIpc) is 2.84. The normalized spacial score (nSPS) is 12.2. The monoisotopic (exact) mass is 337 g/mol. The number of hydrogen-bond donors (Lipinski definition) is 0. The van der Waals surface area contributed by atoms with Gasteiger partial charge < -0.3 is 8.99 Å². The molecule has 3 aromatic rings. The molecule has 1 aromatic heterocycles. The summed E-state index contributed by atoms with van der Waals surface area (Å²) in [6.07, 6.45) is 1.81. The Kier molecular flexibility index (Phi) is 4.28. The van der Waals surface area contributed by atoms with E-state index in [-0.39, 0.29) is 0 Å². The maximum Gasteiger partial charge on any atom is 0.242 e. The van der Waals surface area contributed by atoms with Crippen LogP contribution in [0.15, 0.2) is 47.5 Å². The number of benzene rings is 2. The van der Waals surface area contributed by atoms with Crippen molar-refractivity contribution in [3.8, 4) is 5.75 Å². The zero-order valence-electron chi connectivity index (χ0n) is 14.9. The molecular weight excluding hydrogens is 314 g/mol. The van der Waals surface area contributed by atoms with Gasteiger partial charge in [0.05, 0.1) is 17.2 Å². The minimum absolute atomic E-state index is 0.830. The van der Waals surface area contributed by atoms with Crippen LogP contribution in [-0.4, -0.2) is 24.1 Å². The van der Waals surface area contributed by atoms with E-state index in [1.54, 1.807) is 0 Å². The standard InChI is InChI=1S/C19H23N3OSi/c1-14-9-8-11-16(19(14)23-24(3,4)5)20-13-18-21-15-10-6-7-12-17(15)22(18)2/h6-13H,1-5H3. The molecule has 0 radical (unpaired) electrons. The van der Waals surface area contributed by atoms with Crippen molar-refractivity contribution in [2.24, 2.45) is 12.0 Å². The number of nitrogens with zero attached hydrogens (tertiary/aromatic N) is 3. The van der Waals surface area contributed by atoms with Crippen LogP contribution in [0.25, 0.3) is 11.0 Å². The summed E-state index contributed by atoms with van der Waals surface area (Å²) in [6.45, 7) is 8.60. The van der Waals surface area contributed by atoms with Crippen LogP contribution in [0.5, 0.6) is 5.75 Å². The Hall–Kier alpha value is -2.40. The highest BCUT2D eigenvalue weighted by Gasteiger charge is 2.19. The first-order valence-corrected chi connectivity index (χ1v) is 11.5. The van der Waals surface area contributed by atoms with Crippen molar-refractivity contribution in [1.82, 2.24) is 9.55 Å². The van der Waals surface area contributed by atoms with E-state index in [0.29, 0.717) is 0 Å². The Bertz CT molecular complexity index is 907. The number of imidazole rings is 1. The van der Waals surface area contributed by atoms with Gasteiger partial charge in [0.1, 0.15) is 11.4 Å². The summed E-state index contributed by atoms with van der Waals surface area (Å²) >= 11 is 0. The molecule has 0 bridgehead atoms. The third kappa shape index (κ3) is 3.41. The van der Waals surface area contributed by atoms with Crippen LogP contribution in [0, 0.1) is 6.92 Å². The SMILES string of the molecule is Cc1cccc(N=Cc2nc3ccccc3n2C)c1O[Si](C)(C)C. The predicted molar refractivity (Wildman–Crippen MR) is 103 cm³/mol. The highest BCUT2D eigenvalue weighted by Crippen LogP contribution is 2.33. The van der Waals surface area contributed by atoms with E-state index >= 15 is 0 Å². The summed E-state index contributed by atoms with van der Waals surface area (Å²) in [4.78, 5) is 9.30. The Labute approximate surface area is 144 Å². The quantitative estimate of drug-likeness (QED) is 0.504. The van der Waals surface area contributed by atoms with E-state index < -0.39 is 8.32 Å². The molecule has 0 unspecified atom stereocenters. The van der Waals surface area contributed by atoms with Crippen molar-refractivity contribution >= 4 is 31.3 Å². The molecule has 0 amide bonds. The third-order valence-electron chi connectivity index (χ3n) is 3.74. The number of aromatic nitrogens is 2. The summed E-state index contributed by atoms with van der Waals surface area (Å²) in [7, 11) is 0.305. The summed E-state index contributed by atoms with van der Waals surface area (Å²) in [6, 6.07) is 14.1. The van der Waals surface area contributed by atoms with Gasteiger partial charge in [0.15, 0.2) is 5.82 Å². The Morgan fingerprint density at radius 3 is 2.54 bits per heavy atom. The zero-order valence-corrected chi connectivity index (χ0v) is 15.9. The first-order chi connectivity index (χ1) is 11.3. The van der Waals surface area contributed by atoms with Crippen molar-refractivity contribution in [3.63, 3.8) is 0 Å². The van der Waals surface area contributed by atoms with Crippen LogP contribution in [0.3, 0.4) is 0 Å². The van der Waals surface area contributed by atoms with Gasteiger partial charge in [0.25, 0.3) is 0 Å². The Balaban J connectivity index is 1.99. The molecule has 24 heavy (non-hydrogen) atoms. The summed E-state index contributed by atoms with van der Waals surface area (Å²) < 4.78 is 8.29. The fraction of sp³-hybridized carbons (Fsp3) is 0.263. The predicted octanol–water partition coefficient (Wildman–Crippen LogP) is 4.85. The number of hydrogen-bond acceptors (Lipinski definition) is 3. The molecule has 0 aliphatic carbocycles. The highest BCUT2D eigenvalue weighted by molar-refractivity contribution is 6.70. The van der Waals surface area contributed by atoms with Crippen molar-refractivity contribution in [1.29, 1.82) is 0 Å². The van der Waals surface area contributed by atoms with Gasteiger partial charge in [-0.25, -0.2) is 9.98 Å². The van der Waals surface area contributed by atoms with Gasteiger partial charge in [-0.15, -0.1) is 0 Å². The van der Waals surface area contributed by atoms with Crippen LogP contribution in [0.4, 0.5) is 5.69 Å². The largest absolute Gasteiger partial charge is 0.543 e. The molecule has 0 saturated heterocycles. The third-order valence-corrected chi connectivity index (χ3v) is 4.56. The molecule has 1 heterocycles. The maximum absolute atomic E-state index is 6.24. The molecule has 5 heteroatoms. The lowest BCUT2D eigenvalue weighted by Gasteiger charge is -2.22. The minimum Gasteiger partial charge on any atom is -0.543 e. The van der Waals surface area contributed by atoms with Gasteiger partial charge in [0.2, 0.25) is 8.32 Å². The topological polar surface area (TPSA) is 39.4 Å². The first-order valence-electron chi connectivity index (χ1n) is 8.09. The lowest BCUT2D eigenvalue weighted by molar-refractivity contribution is 0.554. The van der Waals surface area contributed by atoms with Gasteiger partial charge in [-0.2, -0.15) is 0 Å². The summed E-state index contributed by atoms with van der Waals surface area (Å²) in [5, 5.41) is 0. The van der Waals surface area contributed by atoms with Gasteiger partial charge in [-0.3, -0.25) is 0 Å². The first kappa shape index (κ1) is 16.5. The number of aryl methyl sites for hydroxylation is 2. The van der Waals surface area contributed by atoms with E-state index in [4.69, 9.17) is 4.43 Å². The molecule has 0 fully saturated rings. The van der Waals surface area contributed by atoms with Gasteiger partial charge in [-0.1, -0.05) is 24.3 Å². The number of rotatable bonds is 4. The molecule has 0 atom stereocenters. The molecular formula is C19H23N3OSi. The van der Waals surface area contributed by atoms with E-state index in [1.807, 2.05) is 48.2 Å². The summed E-state index contributed by atoms with van der Waals surface area (Å²) in [5.74, 6) is 1.71. The van der Waals surface area contributed by atoms with Gasteiger partial charge in [-0.05, 0) is 50.3 Å². The Morgan fingerprint density at radius 2 is 1.83 bits per heavy atom. The molecule has 2 aromatic carbocycles. The number of para-hydroxylation sites is 3. The van der Waals surface area contributed by atoms with E-state index in [9.17, 15) is 0 Å². The van der Waals surface area contributed by atoms with E-state index in [2.05, 4.69) is 48.7 Å². The molecule has 4 nitrogen and oxygen atoms in total. The van der Waals surface area contributed by atoms with Crippen molar-refractivity contribution in [3.05, 3.63) is 53.9 Å². The highest BCUT2D eigenvalue weighted by atomic mass is 28.4. The molecule has 0 aliphatic rings. The molecule has 0 N–H and O–H groups in total. The smallest absolute Gasteiger partial charge is 0.242 e. The van der Waals surface area contributed by atoms with Gasteiger partial charge in [0, 0.05) is 7.05 Å². The molecule has 0 aliphatic heterocycles. The van der Waals surface area contributed by atoms with Crippen LogP contribution in [0.1, 0.15) is 11.4 Å². The van der Waals surface area contributed by atoms with Crippen molar-refractivity contribution < 1.29 is 4.43 Å². The van der Waals surface area contributed by atoms with E-state index in [1.165, 1.54) is 0 Å². The van der Waals surface area contributed by atoms with E-state index in [0.717, 1.165) is 33.9 Å². The second-order valence-corrected chi connectivity index (χ2v) is 11.3. The second kappa shape index (κ2) is 6.24. The minimum atomic E-state index is -1.70. The van der Waals surface area contributed by atoms with Crippen LogP contribution >= 0.6 is 0 Å². The molecule has 0 saturated carbocycles. The lowest BCUT2D eigenvalue weighted by atomic mass is 10.2. The van der Waals surface area contributed by atoms with Crippen LogP contribution in [0.2, 0.25) is 19.6 Å². The average molecular weight is 337 g/mol. The lowest BCUT2D eigenvalue weighted by Crippen LogP contribution is -2.29. The maximum atomic E-state index is 6.24. The Morgan fingerprint density at radius 1 is 1.08 bits per heavy atom. The van der Waals surface area contributed by atoms with Crippen molar-refractivity contribution in [2.45, 2.75) is 26.6 Å². The van der Waals surface area contributed by atoms with Crippen LogP contribution in [-0.2, 0) is 7.05 Å². The zero-order chi connectivity index (χ0) is 17.3. The fourth-order valence-electron chi connectivity index (χ4n) is 2.58. The molecule has 0 spiro atoms.